The van der Waals surface area contributed by atoms with Gasteiger partial charge in [-0.2, -0.15) is 4.98 Å². The highest BCUT2D eigenvalue weighted by atomic mass is 19.1. The molecule has 0 bridgehead atoms. The molecule has 2 heterocycles. The average molecular weight is 375 g/mol. The van der Waals surface area contributed by atoms with E-state index >= 15 is 0 Å². The van der Waals surface area contributed by atoms with Crippen LogP contribution < -0.4 is 10.6 Å². The summed E-state index contributed by atoms with van der Waals surface area (Å²) in [5, 5.41) is 7.74. The van der Waals surface area contributed by atoms with Gasteiger partial charge in [-0.3, -0.25) is 0 Å². The van der Waals surface area contributed by atoms with Crippen molar-refractivity contribution in [3.63, 3.8) is 0 Å². The van der Waals surface area contributed by atoms with Crippen LogP contribution in [0.15, 0.2) is 67.0 Å². The SMILES string of the molecule is Fc1ccccc1CCNc1ccnc(NCCc2c[nH]c3ccccc23)n1. The van der Waals surface area contributed by atoms with E-state index in [2.05, 4.69) is 37.7 Å². The summed E-state index contributed by atoms with van der Waals surface area (Å²) in [5.41, 5.74) is 3.11. The summed E-state index contributed by atoms with van der Waals surface area (Å²) in [5.74, 6) is 1.13. The number of fused-ring (bicyclic) bond motifs is 1. The number of hydrogen-bond acceptors (Lipinski definition) is 4. The van der Waals surface area contributed by atoms with Crippen LogP contribution in [0.5, 0.6) is 0 Å². The van der Waals surface area contributed by atoms with Crippen molar-refractivity contribution in [1.29, 1.82) is 0 Å². The normalized spacial score (nSPS) is 10.9. The zero-order valence-corrected chi connectivity index (χ0v) is 15.5. The van der Waals surface area contributed by atoms with Crippen LogP contribution in [0.4, 0.5) is 16.2 Å². The van der Waals surface area contributed by atoms with Crippen LogP contribution in [0.3, 0.4) is 0 Å². The molecular weight excluding hydrogens is 353 g/mol. The van der Waals surface area contributed by atoms with Crippen molar-refractivity contribution >= 4 is 22.7 Å². The Bertz CT molecular complexity index is 1060. The second-order valence-corrected chi connectivity index (χ2v) is 6.57. The van der Waals surface area contributed by atoms with Crippen molar-refractivity contribution in [2.75, 3.05) is 23.7 Å². The molecule has 0 amide bonds. The fraction of sp³-hybridized carbons (Fsp3) is 0.182. The maximum atomic E-state index is 13.7. The van der Waals surface area contributed by atoms with Gasteiger partial charge in [-0.05, 0) is 42.2 Å². The van der Waals surface area contributed by atoms with Crippen molar-refractivity contribution < 1.29 is 4.39 Å². The lowest BCUT2D eigenvalue weighted by Gasteiger charge is -2.09. The molecule has 6 heteroatoms. The Hall–Kier alpha value is -3.41. The first kappa shape index (κ1) is 18.0. The number of rotatable bonds is 8. The van der Waals surface area contributed by atoms with Crippen molar-refractivity contribution in [2.45, 2.75) is 12.8 Å². The number of halogens is 1. The minimum Gasteiger partial charge on any atom is -0.370 e. The van der Waals surface area contributed by atoms with Crippen LogP contribution in [-0.4, -0.2) is 28.0 Å². The Morgan fingerprint density at radius 1 is 0.857 bits per heavy atom. The van der Waals surface area contributed by atoms with E-state index in [-0.39, 0.29) is 5.82 Å². The molecule has 0 radical (unpaired) electrons. The molecule has 0 aliphatic carbocycles. The first-order valence-electron chi connectivity index (χ1n) is 9.39. The van der Waals surface area contributed by atoms with Crippen LogP contribution in [-0.2, 0) is 12.8 Å². The molecule has 0 fully saturated rings. The molecule has 2 aromatic carbocycles. The fourth-order valence-electron chi connectivity index (χ4n) is 3.22. The second-order valence-electron chi connectivity index (χ2n) is 6.57. The summed E-state index contributed by atoms with van der Waals surface area (Å²) < 4.78 is 13.7. The summed E-state index contributed by atoms with van der Waals surface area (Å²) in [7, 11) is 0. The molecule has 0 saturated carbocycles. The Kier molecular flexibility index (Phi) is 5.47. The molecule has 0 atom stereocenters. The maximum Gasteiger partial charge on any atom is 0.224 e. The fourth-order valence-corrected chi connectivity index (χ4v) is 3.22. The van der Waals surface area contributed by atoms with E-state index < -0.39 is 0 Å². The molecule has 0 aliphatic heterocycles. The highest BCUT2D eigenvalue weighted by Crippen LogP contribution is 2.18. The van der Waals surface area contributed by atoms with E-state index in [1.807, 2.05) is 30.5 Å². The van der Waals surface area contributed by atoms with Crippen molar-refractivity contribution in [3.8, 4) is 0 Å². The van der Waals surface area contributed by atoms with Crippen LogP contribution in [0.25, 0.3) is 10.9 Å². The van der Waals surface area contributed by atoms with Gasteiger partial charge in [0.25, 0.3) is 0 Å². The molecule has 28 heavy (non-hydrogen) atoms. The monoisotopic (exact) mass is 375 g/mol. The number of H-pyrrole nitrogens is 1. The summed E-state index contributed by atoms with van der Waals surface area (Å²) in [6, 6.07) is 16.9. The third-order valence-corrected chi connectivity index (χ3v) is 4.67. The first-order chi connectivity index (χ1) is 13.8. The molecule has 4 rings (SSSR count). The van der Waals surface area contributed by atoms with E-state index in [0.29, 0.717) is 24.5 Å². The van der Waals surface area contributed by atoms with Crippen molar-refractivity contribution in [2.24, 2.45) is 0 Å². The van der Waals surface area contributed by atoms with Gasteiger partial charge in [0.1, 0.15) is 11.6 Å². The number of nitrogens with one attached hydrogen (secondary N) is 3. The van der Waals surface area contributed by atoms with Crippen LogP contribution in [0.2, 0.25) is 0 Å². The first-order valence-corrected chi connectivity index (χ1v) is 9.39. The lowest BCUT2D eigenvalue weighted by atomic mass is 10.1. The second kappa shape index (κ2) is 8.52. The Morgan fingerprint density at radius 3 is 2.57 bits per heavy atom. The summed E-state index contributed by atoms with van der Waals surface area (Å²) in [6.07, 6.45) is 5.23. The van der Waals surface area contributed by atoms with E-state index in [1.165, 1.54) is 17.0 Å². The zero-order valence-electron chi connectivity index (χ0n) is 15.5. The lowest BCUT2D eigenvalue weighted by molar-refractivity contribution is 0.610. The third-order valence-electron chi connectivity index (χ3n) is 4.67. The van der Waals surface area contributed by atoms with Gasteiger partial charge in [0.05, 0.1) is 0 Å². The van der Waals surface area contributed by atoms with Crippen LogP contribution in [0, 0.1) is 5.82 Å². The minimum atomic E-state index is -0.174. The standard InChI is InChI=1S/C22H22FN5/c23-19-7-3-1-5-16(19)9-12-24-21-11-14-26-22(28-21)25-13-10-17-15-27-20-8-4-2-6-18(17)20/h1-8,11,14-15,27H,9-10,12-13H2,(H2,24,25,26,28). The number of para-hydroxylation sites is 1. The number of hydrogen-bond donors (Lipinski definition) is 3. The number of anilines is 2. The van der Waals surface area contributed by atoms with Gasteiger partial charge in [-0.1, -0.05) is 36.4 Å². The molecule has 5 nitrogen and oxygen atoms in total. The van der Waals surface area contributed by atoms with E-state index in [1.54, 1.807) is 18.3 Å². The molecule has 2 aromatic heterocycles. The quantitative estimate of drug-likeness (QED) is 0.427. The Balaban J connectivity index is 1.29. The Morgan fingerprint density at radius 2 is 1.64 bits per heavy atom. The molecule has 0 saturated heterocycles. The zero-order chi connectivity index (χ0) is 19.2. The van der Waals surface area contributed by atoms with Crippen LogP contribution >= 0.6 is 0 Å². The van der Waals surface area contributed by atoms with E-state index in [0.717, 1.165) is 24.3 Å². The molecule has 4 aromatic rings. The van der Waals surface area contributed by atoms with Gasteiger partial charge in [0, 0.05) is 36.4 Å². The maximum absolute atomic E-state index is 13.7. The van der Waals surface area contributed by atoms with Gasteiger partial charge in [-0.25, -0.2) is 9.37 Å². The van der Waals surface area contributed by atoms with Gasteiger partial charge >= 0.3 is 0 Å². The molecule has 0 aliphatic rings. The largest absolute Gasteiger partial charge is 0.370 e. The van der Waals surface area contributed by atoms with Crippen molar-refractivity contribution in [3.05, 3.63) is 83.9 Å². The van der Waals surface area contributed by atoms with Gasteiger partial charge < -0.3 is 15.6 Å². The molecule has 3 N–H and O–H groups in total. The van der Waals surface area contributed by atoms with Gasteiger partial charge in [0.15, 0.2) is 0 Å². The third kappa shape index (κ3) is 4.28. The smallest absolute Gasteiger partial charge is 0.224 e. The summed E-state index contributed by atoms with van der Waals surface area (Å²) in [4.78, 5) is 12.0. The number of aromatic amines is 1. The van der Waals surface area contributed by atoms with Gasteiger partial charge in [0.2, 0.25) is 5.95 Å². The predicted molar refractivity (Wildman–Crippen MR) is 111 cm³/mol. The topological polar surface area (TPSA) is 65.6 Å². The number of benzene rings is 2. The Labute approximate surface area is 163 Å². The summed E-state index contributed by atoms with van der Waals surface area (Å²) in [6.45, 7) is 1.34. The number of aromatic nitrogens is 3. The predicted octanol–water partition coefficient (Wildman–Crippen LogP) is 4.41. The molecular formula is C22H22FN5. The lowest BCUT2D eigenvalue weighted by Crippen LogP contribution is -2.11. The highest BCUT2D eigenvalue weighted by Gasteiger charge is 2.04. The molecule has 0 spiro atoms. The minimum absolute atomic E-state index is 0.174. The van der Waals surface area contributed by atoms with Crippen LogP contribution in [0.1, 0.15) is 11.1 Å². The van der Waals surface area contributed by atoms with Crippen molar-refractivity contribution in [1.82, 2.24) is 15.0 Å². The molecule has 0 unspecified atom stereocenters. The number of nitrogens with zero attached hydrogens (tertiary/aromatic N) is 2. The average Bonchev–Trinajstić information content (AvgIpc) is 3.13. The van der Waals surface area contributed by atoms with E-state index in [4.69, 9.17) is 0 Å². The molecule has 142 valence electrons. The highest BCUT2D eigenvalue weighted by molar-refractivity contribution is 5.83. The van der Waals surface area contributed by atoms with E-state index in [9.17, 15) is 4.39 Å². The van der Waals surface area contributed by atoms with Gasteiger partial charge in [-0.15, -0.1) is 0 Å². The summed E-state index contributed by atoms with van der Waals surface area (Å²) >= 11 is 0.